The molecule has 23 heavy (non-hydrogen) atoms. The van der Waals surface area contributed by atoms with E-state index in [0.717, 1.165) is 11.1 Å². The molecule has 0 bridgehead atoms. The van der Waals surface area contributed by atoms with E-state index in [0.29, 0.717) is 25.2 Å². The molecule has 0 radical (unpaired) electrons. The highest BCUT2D eigenvalue weighted by molar-refractivity contribution is 5.77. The number of nitriles is 1. The van der Waals surface area contributed by atoms with Crippen LogP contribution >= 0.6 is 0 Å². The smallest absolute Gasteiger partial charge is 0.318 e. The van der Waals surface area contributed by atoms with Gasteiger partial charge in [0.05, 0.1) is 17.7 Å². The van der Waals surface area contributed by atoms with Crippen LogP contribution in [0.5, 0.6) is 0 Å². The minimum Gasteiger partial charge on any atom is -0.318 e. The van der Waals surface area contributed by atoms with E-state index in [2.05, 4.69) is 13.0 Å². The Labute approximate surface area is 136 Å². The second kappa shape index (κ2) is 6.53. The first kappa shape index (κ1) is 15.1. The number of hydrogen-bond donors (Lipinski definition) is 0. The van der Waals surface area contributed by atoms with Crippen molar-refractivity contribution in [1.29, 1.82) is 5.26 Å². The molecule has 2 aromatic carbocycles. The summed E-state index contributed by atoms with van der Waals surface area (Å²) < 4.78 is 0. The van der Waals surface area contributed by atoms with Crippen LogP contribution in [-0.4, -0.2) is 28.9 Å². The monoisotopic (exact) mass is 305 g/mol. The molecule has 0 aromatic heterocycles. The zero-order valence-corrected chi connectivity index (χ0v) is 13.1. The summed E-state index contributed by atoms with van der Waals surface area (Å²) in [5, 5.41) is 9.18. The molecule has 4 nitrogen and oxygen atoms in total. The first-order valence-corrected chi connectivity index (χ1v) is 7.79. The molecule has 0 unspecified atom stereocenters. The van der Waals surface area contributed by atoms with Crippen molar-refractivity contribution in [3.63, 3.8) is 0 Å². The van der Waals surface area contributed by atoms with Crippen LogP contribution in [0.2, 0.25) is 0 Å². The topological polar surface area (TPSA) is 47.3 Å². The maximum atomic E-state index is 12.7. The van der Waals surface area contributed by atoms with Gasteiger partial charge in [0.25, 0.3) is 0 Å². The Kier molecular flexibility index (Phi) is 4.29. The van der Waals surface area contributed by atoms with Crippen molar-refractivity contribution in [2.45, 2.75) is 19.5 Å². The summed E-state index contributed by atoms with van der Waals surface area (Å²) in [5.74, 6) is 0. The fourth-order valence-corrected chi connectivity index (χ4v) is 2.99. The molecule has 0 spiro atoms. The van der Waals surface area contributed by atoms with Crippen LogP contribution in [0.4, 0.5) is 4.79 Å². The van der Waals surface area contributed by atoms with Crippen LogP contribution in [0, 0.1) is 11.3 Å². The van der Waals surface area contributed by atoms with Gasteiger partial charge in [0.1, 0.15) is 0 Å². The second-order valence-corrected chi connectivity index (χ2v) is 5.75. The van der Waals surface area contributed by atoms with Gasteiger partial charge in [-0.05, 0) is 24.1 Å². The quantitative estimate of drug-likeness (QED) is 0.867. The van der Waals surface area contributed by atoms with Gasteiger partial charge in [0, 0.05) is 19.6 Å². The van der Waals surface area contributed by atoms with Crippen molar-refractivity contribution < 1.29 is 4.79 Å². The molecule has 0 saturated carbocycles. The van der Waals surface area contributed by atoms with Gasteiger partial charge < -0.3 is 9.80 Å². The summed E-state index contributed by atoms with van der Waals surface area (Å²) in [5.41, 5.74) is 2.67. The zero-order valence-electron chi connectivity index (χ0n) is 13.1. The van der Waals surface area contributed by atoms with E-state index in [9.17, 15) is 10.1 Å². The van der Waals surface area contributed by atoms with Crippen molar-refractivity contribution in [3.05, 3.63) is 71.3 Å². The van der Waals surface area contributed by atoms with E-state index in [1.165, 1.54) is 0 Å². The fraction of sp³-hybridized carbons (Fsp3) is 0.263. The predicted octanol–water partition coefficient (Wildman–Crippen LogP) is 3.56. The molecule has 3 rings (SSSR count). The third-order valence-corrected chi connectivity index (χ3v) is 4.38. The van der Waals surface area contributed by atoms with Crippen LogP contribution in [-0.2, 0) is 6.54 Å². The van der Waals surface area contributed by atoms with Crippen molar-refractivity contribution in [1.82, 2.24) is 9.80 Å². The highest BCUT2D eigenvalue weighted by Crippen LogP contribution is 2.25. The van der Waals surface area contributed by atoms with Gasteiger partial charge in [-0.15, -0.1) is 0 Å². The van der Waals surface area contributed by atoms with Crippen molar-refractivity contribution >= 4 is 6.03 Å². The maximum Gasteiger partial charge on any atom is 0.320 e. The lowest BCUT2D eigenvalue weighted by Crippen LogP contribution is -2.33. The van der Waals surface area contributed by atoms with Gasteiger partial charge in [0.15, 0.2) is 0 Å². The van der Waals surface area contributed by atoms with E-state index in [-0.39, 0.29) is 12.1 Å². The first-order chi connectivity index (χ1) is 11.2. The lowest BCUT2D eigenvalue weighted by Gasteiger charge is -2.25. The Bertz CT molecular complexity index is 736. The number of carbonyl (C=O) groups excluding carboxylic acids is 1. The average Bonchev–Trinajstić information content (AvgIpc) is 2.96. The van der Waals surface area contributed by atoms with Crippen molar-refractivity contribution in [3.8, 4) is 6.07 Å². The Morgan fingerprint density at radius 2 is 1.78 bits per heavy atom. The lowest BCUT2D eigenvalue weighted by molar-refractivity contribution is 0.179. The molecule has 0 N–H and O–H groups in total. The van der Waals surface area contributed by atoms with Gasteiger partial charge in [-0.2, -0.15) is 5.26 Å². The van der Waals surface area contributed by atoms with E-state index < -0.39 is 0 Å². The minimum absolute atomic E-state index is 0.0362. The van der Waals surface area contributed by atoms with Crippen molar-refractivity contribution in [2.24, 2.45) is 0 Å². The SMILES string of the molecule is C[C@@H](c1ccccc1)N1CCN(Cc2ccccc2C#N)C1=O. The second-order valence-electron chi connectivity index (χ2n) is 5.75. The van der Waals surface area contributed by atoms with E-state index in [1.807, 2.05) is 58.3 Å². The summed E-state index contributed by atoms with van der Waals surface area (Å²) in [6.07, 6.45) is 0. The molecule has 1 atom stereocenters. The number of carbonyl (C=O) groups is 1. The number of nitrogens with zero attached hydrogens (tertiary/aromatic N) is 3. The van der Waals surface area contributed by atoms with Crippen molar-refractivity contribution in [2.75, 3.05) is 13.1 Å². The molecule has 1 aliphatic heterocycles. The van der Waals surface area contributed by atoms with Gasteiger partial charge in [-0.3, -0.25) is 0 Å². The highest BCUT2D eigenvalue weighted by atomic mass is 16.2. The maximum absolute atomic E-state index is 12.7. The van der Waals surface area contributed by atoms with E-state index >= 15 is 0 Å². The minimum atomic E-state index is 0.0362. The summed E-state index contributed by atoms with van der Waals surface area (Å²) in [6.45, 7) is 3.94. The Morgan fingerprint density at radius 3 is 2.52 bits per heavy atom. The van der Waals surface area contributed by atoms with Gasteiger partial charge in [-0.25, -0.2) is 4.79 Å². The lowest BCUT2D eigenvalue weighted by atomic mass is 10.1. The van der Waals surface area contributed by atoms with Gasteiger partial charge in [0.2, 0.25) is 0 Å². The third kappa shape index (κ3) is 3.04. The summed E-state index contributed by atoms with van der Waals surface area (Å²) in [4.78, 5) is 16.4. The van der Waals surface area contributed by atoms with Crippen LogP contribution in [0.3, 0.4) is 0 Å². The molecule has 4 heteroatoms. The average molecular weight is 305 g/mol. The number of benzene rings is 2. The molecule has 116 valence electrons. The summed E-state index contributed by atoms with van der Waals surface area (Å²) >= 11 is 0. The molecule has 0 aliphatic carbocycles. The molecule has 1 fully saturated rings. The highest BCUT2D eigenvalue weighted by Gasteiger charge is 2.32. The zero-order chi connectivity index (χ0) is 16.2. The molecule has 1 saturated heterocycles. The first-order valence-electron chi connectivity index (χ1n) is 7.79. The van der Waals surface area contributed by atoms with E-state index in [1.54, 1.807) is 6.07 Å². The van der Waals surface area contributed by atoms with Crippen LogP contribution in [0.1, 0.15) is 29.7 Å². The van der Waals surface area contributed by atoms with Gasteiger partial charge in [-0.1, -0.05) is 48.5 Å². The number of rotatable bonds is 4. The Balaban J connectivity index is 1.73. The van der Waals surface area contributed by atoms with Crippen LogP contribution in [0.25, 0.3) is 0 Å². The predicted molar refractivity (Wildman–Crippen MR) is 88.5 cm³/mol. The molecule has 2 aromatic rings. The Hall–Kier alpha value is -2.80. The third-order valence-electron chi connectivity index (χ3n) is 4.38. The fourth-order valence-electron chi connectivity index (χ4n) is 2.99. The normalized spacial score (nSPS) is 15.6. The Morgan fingerprint density at radius 1 is 1.09 bits per heavy atom. The molecular formula is C19H19N3O. The molecule has 2 amide bonds. The van der Waals surface area contributed by atoms with Crippen LogP contribution in [0.15, 0.2) is 54.6 Å². The number of urea groups is 1. The number of hydrogen-bond acceptors (Lipinski definition) is 2. The van der Waals surface area contributed by atoms with Crippen LogP contribution < -0.4 is 0 Å². The van der Waals surface area contributed by atoms with E-state index in [4.69, 9.17) is 0 Å². The summed E-state index contributed by atoms with van der Waals surface area (Å²) in [6, 6.07) is 19.8. The molecule has 1 heterocycles. The largest absolute Gasteiger partial charge is 0.320 e. The molecular weight excluding hydrogens is 286 g/mol. The van der Waals surface area contributed by atoms with Gasteiger partial charge >= 0.3 is 6.03 Å². The number of amides is 2. The summed E-state index contributed by atoms with van der Waals surface area (Å²) in [7, 11) is 0. The standard InChI is InChI=1S/C19H19N3O/c1-15(16-7-3-2-4-8-16)22-12-11-21(19(22)23)14-18-10-6-5-9-17(18)13-20/h2-10,15H,11-12,14H2,1H3/t15-/m0/s1. The molecule has 1 aliphatic rings.